The van der Waals surface area contributed by atoms with E-state index in [9.17, 15) is 9.59 Å². The van der Waals surface area contributed by atoms with Gasteiger partial charge in [-0.3, -0.25) is 14.6 Å². The number of thioether (sulfide) groups is 1. The molecule has 0 fully saturated rings. The van der Waals surface area contributed by atoms with Crippen LogP contribution in [0.4, 0.5) is 0 Å². The van der Waals surface area contributed by atoms with E-state index in [4.69, 9.17) is 5.73 Å². The van der Waals surface area contributed by atoms with Crippen molar-refractivity contribution in [3.63, 3.8) is 0 Å². The predicted octanol–water partition coefficient (Wildman–Crippen LogP) is 0.806. The van der Waals surface area contributed by atoms with Crippen molar-refractivity contribution in [2.24, 2.45) is 10.7 Å². The lowest BCUT2D eigenvalue weighted by Crippen LogP contribution is -2.27. The maximum Gasteiger partial charge on any atom is 0.243 e. The quantitative estimate of drug-likeness (QED) is 0.762. The fourth-order valence-corrected chi connectivity index (χ4v) is 2.44. The molecule has 1 atom stereocenters. The molecule has 0 aromatic heterocycles. The van der Waals surface area contributed by atoms with E-state index >= 15 is 0 Å². The molecule has 0 spiro atoms. The van der Waals surface area contributed by atoms with Crippen LogP contribution >= 0.6 is 11.8 Å². The van der Waals surface area contributed by atoms with Gasteiger partial charge in [-0.25, -0.2) is 0 Å². The van der Waals surface area contributed by atoms with E-state index in [0.717, 1.165) is 6.42 Å². The van der Waals surface area contributed by atoms with Crippen LogP contribution in [0, 0.1) is 0 Å². The number of amides is 2. The summed E-state index contributed by atoms with van der Waals surface area (Å²) in [5.74, 6) is 0.0836. The molecular weight excluding hydrogens is 238 g/mol. The zero-order valence-corrected chi connectivity index (χ0v) is 10.8. The summed E-state index contributed by atoms with van der Waals surface area (Å²) in [5, 5.41) is 3.47. The summed E-state index contributed by atoms with van der Waals surface area (Å²) in [6, 6.07) is -0.479. The van der Waals surface area contributed by atoms with Crippen LogP contribution in [-0.2, 0) is 9.59 Å². The largest absolute Gasteiger partial charge is 0.368 e. The summed E-state index contributed by atoms with van der Waals surface area (Å²) in [7, 11) is 0. The van der Waals surface area contributed by atoms with Gasteiger partial charge in [-0.1, -0.05) is 13.0 Å². The number of hydrogen-bond donors (Lipinski definition) is 2. The zero-order chi connectivity index (χ0) is 12.8. The van der Waals surface area contributed by atoms with Crippen molar-refractivity contribution in [2.75, 3.05) is 5.75 Å². The fourth-order valence-electron chi connectivity index (χ4n) is 1.36. The third-order valence-electron chi connectivity index (χ3n) is 2.25. The minimum absolute atomic E-state index is 0.0357. The first-order chi connectivity index (χ1) is 8.08. The first kappa shape index (κ1) is 13.8. The topological polar surface area (TPSA) is 84.6 Å². The van der Waals surface area contributed by atoms with Gasteiger partial charge in [-0.15, -0.1) is 11.8 Å². The standard InChI is InChI=1S/C11H17N3O2S/c1-3-5-9(15)13-7(4-2)11-14-8(6-17-11)10(12)16/h4,8H,3,5-6H2,1-2H3,(H2,12,16)(H,13,15)/b7-4-/t8-/m1/s1. The van der Waals surface area contributed by atoms with Crippen LogP contribution in [0.2, 0.25) is 0 Å². The lowest BCUT2D eigenvalue weighted by molar-refractivity contribution is -0.120. The molecule has 5 nitrogen and oxygen atoms in total. The van der Waals surface area contributed by atoms with Crippen LogP contribution in [0.15, 0.2) is 16.8 Å². The minimum Gasteiger partial charge on any atom is -0.368 e. The number of nitrogens with two attached hydrogens (primary N) is 1. The van der Waals surface area contributed by atoms with E-state index in [2.05, 4.69) is 10.3 Å². The van der Waals surface area contributed by atoms with Crippen LogP contribution in [-0.4, -0.2) is 28.7 Å². The summed E-state index contributed by atoms with van der Waals surface area (Å²) in [4.78, 5) is 26.6. The van der Waals surface area contributed by atoms with Gasteiger partial charge in [0.2, 0.25) is 11.8 Å². The summed E-state index contributed by atoms with van der Waals surface area (Å²) >= 11 is 1.44. The number of aliphatic imine (C=N–C) groups is 1. The number of nitrogens with one attached hydrogen (secondary N) is 1. The second-order valence-corrected chi connectivity index (χ2v) is 4.67. The first-order valence-electron chi connectivity index (χ1n) is 5.55. The van der Waals surface area contributed by atoms with Gasteiger partial charge in [0, 0.05) is 12.2 Å². The van der Waals surface area contributed by atoms with Crippen molar-refractivity contribution in [3.05, 3.63) is 11.8 Å². The fraction of sp³-hybridized carbons (Fsp3) is 0.545. The third-order valence-corrected chi connectivity index (χ3v) is 3.33. The second-order valence-electron chi connectivity index (χ2n) is 3.66. The molecule has 1 aliphatic heterocycles. The number of hydrogen-bond acceptors (Lipinski definition) is 4. The molecule has 1 rings (SSSR count). The van der Waals surface area contributed by atoms with Gasteiger partial charge in [0.1, 0.15) is 11.1 Å². The van der Waals surface area contributed by atoms with E-state index in [-0.39, 0.29) is 5.91 Å². The molecule has 1 heterocycles. The number of rotatable bonds is 5. The van der Waals surface area contributed by atoms with Gasteiger partial charge < -0.3 is 11.1 Å². The van der Waals surface area contributed by atoms with Gasteiger partial charge in [-0.2, -0.15) is 0 Å². The van der Waals surface area contributed by atoms with Crippen molar-refractivity contribution >= 4 is 28.6 Å². The van der Waals surface area contributed by atoms with Crippen LogP contribution in [0.1, 0.15) is 26.7 Å². The number of carbonyl (C=O) groups is 2. The van der Waals surface area contributed by atoms with Gasteiger partial charge in [0.05, 0.1) is 5.70 Å². The molecule has 0 aromatic rings. The first-order valence-corrected chi connectivity index (χ1v) is 6.53. The van der Waals surface area contributed by atoms with Crippen LogP contribution < -0.4 is 11.1 Å². The average Bonchev–Trinajstić information content (AvgIpc) is 2.75. The smallest absolute Gasteiger partial charge is 0.243 e. The Labute approximate surface area is 105 Å². The molecule has 6 heteroatoms. The summed E-state index contributed by atoms with van der Waals surface area (Å²) < 4.78 is 0. The van der Waals surface area contributed by atoms with E-state index in [1.807, 2.05) is 13.8 Å². The van der Waals surface area contributed by atoms with Gasteiger partial charge in [0.15, 0.2) is 0 Å². The third kappa shape index (κ3) is 3.89. The summed E-state index contributed by atoms with van der Waals surface area (Å²) in [6.07, 6.45) is 3.06. The number of primary amides is 1. The average molecular weight is 255 g/mol. The lowest BCUT2D eigenvalue weighted by Gasteiger charge is -2.07. The summed E-state index contributed by atoms with van der Waals surface area (Å²) in [6.45, 7) is 3.77. The molecule has 0 unspecified atom stereocenters. The van der Waals surface area contributed by atoms with Crippen molar-refractivity contribution in [3.8, 4) is 0 Å². The Kier molecular flexibility index (Phi) is 5.21. The van der Waals surface area contributed by atoms with Gasteiger partial charge >= 0.3 is 0 Å². The highest BCUT2D eigenvalue weighted by Gasteiger charge is 2.25. The summed E-state index contributed by atoms with van der Waals surface area (Å²) in [5.41, 5.74) is 5.85. The number of carbonyl (C=O) groups excluding carboxylic acids is 2. The SMILES string of the molecule is C/C=C(\NC(=O)CCC)C1=N[C@@H](C(N)=O)CS1. The highest BCUT2D eigenvalue weighted by molar-refractivity contribution is 8.14. The molecule has 2 amide bonds. The molecule has 0 aromatic carbocycles. The second kappa shape index (κ2) is 6.44. The highest BCUT2D eigenvalue weighted by atomic mass is 32.2. The molecule has 1 aliphatic rings. The molecule has 0 radical (unpaired) electrons. The minimum atomic E-state index is -0.479. The van der Waals surface area contributed by atoms with Gasteiger partial charge in [0.25, 0.3) is 0 Å². The molecule has 17 heavy (non-hydrogen) atoms. The van der Waals surface area contributed by atoms with E-state index < -0.39 is 11.9 Å². The molecule has 3 N–H and O–H groups in total. The Balaban J connectivity index is 2.67. The van der Waals surface area contributed by atoms with Crippen LogP contribution in [0.3, 0.4) is 0 Å². The number of allylic oxidation sites excluding steroid dienone is 1. The molecule has 0 saturated heterocycles. The number of nitrogens with zero attached hydrogens (tertiary/aromatic N) is 1. The Hall–Kier alpha value is -1.30. The van der Waals surface area contributed by atoms with Crippen LogP contribution in [0.5, 0.6) is 0 Å². The Morgan fingerprint density at radius 3 is 2.82 bits per heavy atom. The lowest BCUT2D eigenvalue weighted by atomic mass is 10.3. The highest BCUT2D eigenvalue weighted by Crippen LogP contribution is 2.22. The molecule has 0 saturated carbocycles. The molecule has 94 valence electrons. The van der Waals surface area contributed by atoms with Crippen molar-refractivity contribution in [1.82, 2.24) is 5.32 Å². The van der Waals surface area contributed by atoms with Crippen molar-refractivity contribution in [2.45, 2.75) is 32.7 Å². The molecule has 0 bridgehead atoms. The Morgan fingerprint density at radius 2 is 2.35 bits per heavy atom. The maximum absolute atomic E-state index is 11.5. The maximum atomic E-state index is 11.5. The predicted molar refractivity (Wildman–Crippen MR) is 69.7 cm³/mol. The van der Waals surface area contributed by atoms with E-state index in [1.54, 1.807) is 6.08 Å². The molecular formula is C11H17N3O2S. The normalized spacial score (nSPS) is 20.0. The van der Waals surface area contributed by atoms with Crippen molar-refractivity contribution < 1.29 is 9.59 Å². The van der Waals surface area contributed by atoms with E-state index in [0.29, 0.717) is 22.9 Å². The Bertz CT molecular complexity index is 377. The Morgan fingerprint density at radius 1 is 1.65 bits per heavy atom. The monoisotopic (exact) mass is 255 g/mol. The zero-order valence-electron chi connectivity index (χ0n) is 10.0. The molecule has 0 aliphatic carbocycles. The van der Waals surface area contributed by atoms with Crippen molar-refractivity contribution in [1.29, 1.82) is 0 Å². The van der Waals surface area contributed by atoms with Crippen LogP contribution in [0.25, 0.3) is 0 Å². The van der Waals surface area contributed by atoms with E-state index in [1.165, 1.54) is 11.8 Å². The van der Waals surface area contributed by atoms with Gasteiger partial charge in [-0.05, 0) is 13.3 Å².